The van der Waals surface area contributed by atoms with Crippen LogP contribution in [0.15, 0.2) is 29.2 Å². The zero-order chi connectivity index (χ0) is 14.3. The van der Waals surface area contributed by atoms with E-state index in [0.717, 1.165) is 18.4 Å². The number of fused-ring (bicyclic) bond motifs is 2. The number of rotatable bonds is 3. The molecule has 3 rings (SSSR count). The third kappa shape index (κ3) is 2.50. The molecule has 2 atom stereocenters. The fourth-order valence-corrected chi connectivity index (χ4v) is 4.52. The van der Waals surface area contributed by atoms with Crippen LogP contribution in [0.5, 0.6) is 0 Å². The molecule has 2 aliphatic heterocycles. The molecule has 1 aromatic carbocycles. The van der Waals surface area contributed by atoms with E-state index in [1.165, 1.54) is 0 Å². The van der Waals surface area contributed by atoms with Crippen LogP contribution in [0.4, 0.5) is 0 Å². The maximum absolute atomic E-state index is 12.8. The zero-order valence-electron chi connectivity index (χ0n) is 12.0. The average Bonchev–Trinajstić information content (AvgIpc) is 2.77. The van der Waals surface area contributed by atoms with Crippen LogP contribution >= 0.6 is 0 Å². The Kier molecular flexibility index (Phi) is 3.60. The van der Waals surface area contributed by atoms with Gasteiger partial charge in [0.05, 0.1) is 17.1 Å². The third-order valence-corrected chi connectivity index (χ3v) is 6.00. The summed E-state index contributed by atoms with van der Waals surface area (Å²) in [5, 5.41) is 0. The molecule has 2 bridgehead atoms. The van der Waals surface area contributed by atoms with Crippen LogP contribution < -0.4 is 0 Å². The van der Waals surface area contributed by atoms with Gasteiger partial charge in [-0.25, -0.2) is 8.42 Å². The monoisotopic (exact) mass is 295 g/mol. The van der Waals surface area contributed by atoms with Crippen molar-refractivity contribution in [3.05, 3.63) is 29.8 Å². The van der Waals surface area contributed by atoms with Gasteiger partial charge in [0.25, 0.3) is 0 Å². The number of hydrogen-bond acceptors (Lipinski definition) is 3. The lowest BCUT2D eigenvalue weighted by Crippen LogP contribution is -2.45. The van der Waals surface area contributed by atoms with E-state index in [1.54, 1.807) is 16.4 Å². The van der Waals surface area contributed by atoms with E-state index < -0.39 is 10.0 Å². The summed E-state index contributed by atoms with van der Waals surface area (Å²) in [5.41, 5.74) is 1.06. The molecule has 0 aliphatic carbocycles. The summed E-state index contributed by atoms with van der Waals surface area (Å²) in [6.45, 7) is 5.12. The van der Waals surface area contributed by atoms with E-state index in [-0.39, 0.29) is 12.2 Å². The standard InChI is InChI=1S/C15H21NO3S/c1-11(2)12-4-3-5-15(8-12)20(17,18)16-9-13-6-7-14(10-16)19-13/h3-5,8,11,13-14H,6-7,9-10H2,1-2H3. The first-order valence-electron chi connectivity index (χ1n) is 7.22. The maximum atomic E-state index is 12.8. The maximum Gasteiger partial charge on any atom is 0.243 e. The van der Waals surface area contributed by atoms with Crippen LogP contribution in [0.2, 0.25) is 0 Å². The van der Waals surface area contributed by atoms with E-state index in [0.29, 0.717) is 23.9 Å². The Labute approximate surface area is 120 Å². The van der Waals surface area contributed by atoms with Gasteiger partial charge in [-0.3, -0.25) is 0 Å². The smallest absolute Gasteiger partial charge is 0.243 e. The lowest BCUT2D eigenvalue weighted by molar-refractivity contribution is -0.0114. The van der Waals surface area contributed by atoms with Crippen molar-refractivity contribution in [1.82, 2.24) is 4.31 Å². The second-order valence-corrected chi connectivity index (χ2v) is 7.94. The Morgan fingerprint density at radius 3 is 2.45 bits per heavy atom. The van der Waals surface area contributed by atoms with Crippen LogP contribution in [-0.2, 0) is 14.8 Å². The summed E-state index contributed by atoms with van der Waals surface area (Å²) >= 11 is 0. The fourth-order valence-electron chi connectivity index (χ4n) is 2.96. The van der Waals surface area contributed by atoms with Crippen molar-refractivity contribution < 1.29 is 13.2 Å². The van der Waals surface area contributed by atoms with Gasteiger partial charge in [-0.1, -0.05) is 26.0 Å². The quantitative estimate of drug-likeness (QED) is 0.860. The van der Waals surface area contributed by atoms with Crippen molar-refractivity contribution in [3.8, 4) is 0 Å². The van der Waals surface area contributed by atoms with Gasteiger partial charge in [0.2, 0.25) is 10.0 Å². The molecule has 110 valence electrons. The minimum atomic E-state index is -3.39. The number of ether oxygens (including phenoxy) is 1. The topological polar surface area (TPSA) is 46.6 Å². The van der Waals surface area contributed by atoms with Crippen LogP contribution in [0.3, 0.4) is 0 Å². The molecule has 2 aliphatic rings. The highest BCUT2D eigenvalue weighted by Gasteiger charge is 2.39. The molecule has 2 fully saturated rings. The molecule has 0 saturated carbocycles. The molecule has 4 nitrogen and oxygen atoms in total. The van der Waals surface area contributed by atoms with E-state index >= 15 is 0 Å². The average molecular weight is 295 g/mol. The van der Waals surface area contributed by atoms with Crippen molar-refractivity contribution in [3.63, 3.8) is 0 Å². The van der Waals surface area contributed by atoms with Crippen molar-refractivity contribution in [2.45, 2.75) is 49.7 Å². The number of sulfonamides is 1. The van der Waals surface area contributed by atoms with E-state index in [4.69, 9.17) is 4.74 Å². The molecule has 20 heavy (non-hydrogen) atoms. The Morgan fingerprint density at radius 2 is 1.85 bits per heavy atom. The molecule has 0 amide bonds. The fraction of sp³-hybridized carbons (Fsp3) is 0.600. The van der Waals surface area contributed by atoms with Crippen LogP contribution in [-0.4, -0.2) is 38.0 Å². The largest absolute Gasteiger partial charge is 0.372 e. The van der Waals surface area contributed by atoms with Crippen LogP contribution in [0.1, 0.15) is 38.2 Å². The summed E-state index contributed by atoms with van der Waals surface area (Å²) in [6.07, 6.45) is 2.11. The van der Waals surface area contributed by atoms with Crippen molar-refractivity contribution in [2.75, 3.05) is 13.1 Å². The van der Waals surface area contributed by atoms with Gasteiger partial charge < -0.3 is 4.74 Å². The Balaban J connectivity index is 1.90. The van der Waals surface area contributed by atoms with Gasteiger partial charge in [-0.15, -0.1) is 0 Å². The summed E-state index contributed by atoms with van der Waals surface area (Å²) in [7, 11) is -3.39. The van der Waals surface area contributed by atoms with Gasteiger partial charge in [-0.05, 0) is 36.5 Å². The first-order valence-corrected chi connectivity index (χ1v) is 8.66. The molecule has 0 N–H and O–H groups in total. The first kappa shape index (κ1) is 14.0. The normalized spacial score (nSPS) is 27.1. The minimum absolute atomic E-state index is 0.0804. The Morgan fingerprint density at radius 1 is 1.20 bits per heavy atom. The van der Waals surface area contributed by atoms with Crippen molar-refractivity contribution in [2.24, 2.45) is 0 Å². The molecular weight excluding hydrogens is 274 g/mol. The number of nitrogens with zero attached hydrogens (tertiary/aromatic N) is 1. The molecule has 0 aromatic heterocycles. The molecule has 0 radical (unpaired) electrons. The molecular formula is C15H21NO3S. The highest BCUT2D eigenvalue weighted by atomic mass is 32.2. The number of benzene rings is 1. The van der Waals surface area contributed by atoms with Gasteiger partial charge in [0.1, 0.15) is 0 Å². The van der Waals surface area contributed by atoms with E-state index in [9.17, 15) is 8.42 Å². The molecule has 5 heteroatoms. The summed E-state index contributed by atoms with van der Waals surface area (Å²) < 4.78 is 32.8. The van der Waals surface area contributed by atoms with Crippen LogP contribution in [0.25, 0.3) is 0 Å². The summed E-state index contributed by atoms with van der Waals surface area (Å²) in [4.78, 5) is 0.407. The van der Waals surface area contributed by atoms with Gasteiger partial charge in [0, 0.05) is 13.1 Å². The van der Waals surface area contributed by atoms with Crippen molar-refractivity contribution >= 4 is 10.0 Å². The SMILES string of the molecule is CC(C)c1cccc(S(=O)(=O)N2CC3CCC(C2)O3)c1. The van der Waals surface area contributed by atoms with Gasteiger partial charge >= 0.3 is 0 Å². The van der Waals surface area contributed by atoms with E-state index in [1.807, 2.05) is 12.1 Å². The van der Waals surface area contributed by atoms with Crippen LogP contribution in [0, 0.1) is 0 Å². The first-order chi connectivity index (χ1) is 9.46. The predicted molar refractivity (Wildman–Crippen MR) is 77.2 cm³/mol. The van der Waals surface area contributed by atoms with Crippen molar-refractivity contribution in [1.29, 1.82) is 0 Å². The summed E-state index contributed by atoms with van der Waals surface area (Å²) in [5.74, 6) is 0.325. The minimum Gasteiger partial charge on any atom is -0.372 e. The molecule has 0 spiro atoms. The molecule has 2 heterocycles. The second kappa shape index (κ2) is 5.13. The molecule has 2 saturated heterocycles. The highest BCUT2D eigenvalue weighted by Crippen LogP contribution is 2.30. The lowest BCUT2D eigenvalue weighted by Gasteiger charge is -2.31. The Hall–Kier alpha value is -0.910. The predicted octanol–water partition coefficient (Wildman–Crippen LogP) is 2.36. The molecule has 1 aromatic rings. The zero-order valence-corrected chi connectivity index (χ0v) is 12.8. The highest BCUT2D eigenvalue weighted by molar-refractivity contribution is 7.89. The lowest BCUT2D eigenvalue weighted by atomic mass is 10.0. The number of hydrogen-bond donors (Lipinski definition) is 0. The number of morpholine rings is 1. The Bertz CT molecular complexity index is 585. The third-order valence-electron chi connectivity index (χ3n) is 4.17. The summed E-state index contributed by atoms with van der Waals surface area (Å²) in [6, 6.07) is 7.31. The van der Waals surface area contributed by atoms with Gasteiger partial charge in [0.15, 0.2) is 0 Å². The van der Waals surface area contributed by atoms with E-state index in [2.05, 4.69) is 13.8 Å². The molecule has 2 unspecified atom stereocenters. The second-order valence-electron chi connectivity index (χ2n) is 6.01. The van der Waals surface area contributed by atoms with Gasteiger partial charge in [-0.2, -0.15) is 4.31 Å².